The van der Waals surface area contributed by atoms with E-state index in [1.165, 1.54) is 23.1 Å². The quantitative estimate of drug-likeness (QED) is 0.455. The molecular weight excluding hydrogens is 428 g/mol. The molecule has 6 nitrogen and oxygen atoms in total. The molecule has 2 unspecified atom stereocenters. The molecule has 1 aromatic heterocycles. The largest absolute Gasteiger partial charge is 0.376 e. The number of nitrogens with zero attached hydrogens (tertiary/aromatic N) is 2. The van der Waals surface area contributed by atoms with Gasteiger partial charge in [-0.25, -0.2) is 0 Å². The molecule has 2 heterocycles. The number of amides is 1. The van der Waals surface area contributed by atoms with Gasteiger partial charge in [0.05, 0.1) is 6.10 Å². The lowest BCUT2D eigenvalue weighted by Crippen LogP contribution is -2.19. The number of rotatable bonds is 8. The molecule has 1 aliphatic heterocycles. The number of ether oxygens (including phenoxy) is 1. The van der Waals surface area contributed by atoms with E-state index in [0.717, 1.165) is 57.8 Å². The van der Waals surface area contributed by atoms with Gasteiger partial charge in [0.1, 0.15) is 5.25 Å². The molecule has 0 aliphatic carbocycles. The first-order valence-electron chi connectivity index (χ1n) is 10.4. The van der Waals surface area contributed by atoms with Crippen LogP contribution >= 0.6 is 23.1 Å². The molecule has 0 bridgehead atoms. The zero-order valence-corrected chi connectivity index (χ0v) is 19.3. The highest BCUT2D eigenvalue weighted by atomic mass is 32.2. The second-order valence-electron chi connectivity index (χ2n) is 7.66. The van der Waals surface area contributed by atoms with Crippen molar-refractivity contribution in [2.45, 2.75) is 42.4 Å². The van der Waals surface area contributed by atoms with E-state index >= 15 is 0 Å². The number of anilines is 2. The number of carbonyl (C=O) groups excluding carboxylic acids is 1. The third-order valence-corrected chi connectivity index (χ3v) is 7.18. The first-order valence-corrected chi connectivity index (χ1v) is 12.1. The van der Waals surface area contributed by atoms with Crippen LogP contribution in [0.5, 0.6) is 0 Å². The molecule has 0 saturated carbocycles. The molecule has 1 saturated heterocycles. The lowest BCUT2D eigenvalue weighted by Gasteiger charge is -2.16. The fourth-order valence-corrected chi connectivity index (χ4v) is 5.54. The number of thioether (sulfide) groups is 1. The molecule has 0 radical (unpaired) electrons. The maximum Gasteiger partial charge on any atom is 0.242 e. The number of nitrogens with one attached hydrogen (secondary N) is 2. The number of hydrogen-bond donors (Lipinski definition) is 2. The van der Waals surface area contributed by atoms with Gasteiger partial charge in [-0.3, -0.25) is 4.79 Å². The predicted molar refractivity (Wildman–Crippen MR) is 127 cm³/mol. The Hall–Kier alpha value is -2.42. The lowest BCUT2D eigenvalue weighted by atomic mass is 10.1. The van der Waals surface area contributed by atoms with Gasteiger partial charge < -0.3 is 15.4 Å². The SMILES string of the molecule is Cc1cc(C)cc(NC(=O)C(Sc2nnc(NCC3CCCO3)s2)c2ccccc2)c1. The summed E-state index contributed by atoms with van der Waals surface area (Å²) in [5.74, 6) is -0.0785. The molecule has 1 amide bonds. The van der Waals surface area contributed by atoms with Crippen LogP contribution in [0.4, 0.5) is 10.8 Å². The van der Waals surface area contributed by atoms with E-state index in [1.807, 2.05) is 56.3 Å². The van der Waals surface area contributed by atoms with Crippen LogP contribution in [0, 0.1) is 13.8 Å². The summed E-state index contributed by atoms with van der Waals surface area (Å²) in [5, 5.41) is 15.2. The van der Waals surface area contributed by atoms with Crippen LogP contribution < -0.4 is 10.6 Å². The van der Waals surface area contributed by atoms with Gasteiger partial charge in [0.15, 0.2) is 4.34 Å². The second-order valence-corrected chi connectivity index (χ2v) is 9.99. The van der Waals surface area contributed by atoms with Crippen molar-refractivity contribution in [1.29, 1.82) is 0 Å². The summed E-state index contributed by atoms with van der Waals surface area (Å²) in [4.78, 5) is 13.2. The summed E-state index contributed by atoms with van der Waals surface area (Å²) in [6.45, 7) is 5.61. The zero-order chi connectivity index (χ0) is 21.6. The van der Waals surface area contributed by atoms with E-state index in [2.05, 4.69) is 26.9 Å². The van der Waals surface area contributed by atoms with Crippen molar-refractivity contribution < 1.29 is 9.53 Å². The standard InChI is InChI=1S/C23H26N4O2S2/c1-15-11-16(2)13-18(12-15)25-21(28)20(17-7-4-3-5-8-17)30-23-27-26-22(31-23)24-14-19-9-6-10-29-19/h3-5,7-8,11-13,19-20H,6,9-10,14H2,1-2H3,(H,24,26)(H,25,28). The van der Waals surface area contributed by atoms with Crippen LogP contribution in [-0.4, -0.2) is 35.4 Å². The molecule has 3 aromatic rings. The van der Waals surface area contributed by atoms with E-state index in [0.29, 0.717) is 0 Å². The van der Waals surface area contributed by atoms with Crippen molar-refractivity contribution in [3.05, 3.63) is 65.2 Å². The van der Waals surface area contributed by atoms with Crippen LogP contribution in [0.15, 0.2) is 52.9 Å². The Morgan fingerprint density at radius 1 is 1.19 bits per heavy atom. The molecule has 162 valence electrons. The number of hydrogen-bond acceptors (Lipinski definition) is 7. The minimum Gasteiger partial charge on any atom is -0.376 e. The van der Waals surface area contributed by atoms with Crippen molar-refractivity contribution in [2.24, 2.45) is 0 Å². The van der Waals surface area contributed by atoms with Gasteiger partial charge in [-0.15, -0.1) is 10.2 Å². The van der Waals surface area contributed by atoms with E-state index in [9.17, 15) is 4.79 Å². The molecule has 8 heteroatoms. The van der Waals surface area contributed by atoms with Crippen LogP contribution in [0.2, 0.25) is 0 Å². The van der Waals surface area contributed by atoms with Gasteiger partial charge in [0.2, 0.25) is 11.0 Å². The Morgan fingerprint density at radius 3 is 2.68 bits per heavy atom. The molecule has 2 atom stereocenters. The average molecular weight is 455 g/mol. The van der Waals surface area contributed by atoms with Crippen molar-refractivity contribution in [1.82, 2.24) is 10.2 Å². The normalized spacial score (nSPS) is 16.8. The summed E-state index contributed by atoms with van der Waals surface area (Å²) in [7, 11) is 0. The predicted octanol–water partition coefficient (Wildman–Crippen LogP) is 5.22. The van der Waals surface area contributed by atoms with Gasteiger partial charge in [0, 0.05) is 18.8 Å². The molecular formula is C23H26N4O2S2. The summed E-state index contributed by atoms with van der Waals surface area (Å²) in [5.41, 5.74) is 3.97. The van der Waals surface area contributed by atoms with E-state index in [-0.39, 0.29) is 12.0 Å². The number of carbonyl (C=O) groups is 1. The minimum absolute atomic E-state index is 0.0785. The molecule has 2 aromatic carbocycles. The lowest BCUT2D eigenvalue weighted by molar-refractivity contribution is -0.115. The van der Waals surface area contributed by atoms with Crippen LogP contribution in [-0.2, 0) is 9.53 Å². The van der Waals surface area contributed by atoms with Crippen molar-refractivity contribution in [3.8, 4) is 0 Å². The Kier molecular flexibility index (Phi) is 7.21. The molecule has 1 fully saturated rings. The van der Waals surface area contributed by atoms with Gasteiger partial charge >= 0.3 is 0 Å². The van der Waals surface area contributed by atoms with E-state index < -0.39 is 5.25 Å². The third kappa shape index (κ3) is 6.06. The second kappa shape index (κ2) is 10.3. The zero-order valence-electron chi connectivity index (χ0n) is 17.6. The minimum atomic E-state index is -0.430. The number of aromatic nitrogens is 2. The first kappa shape index (κ1) is 21.8. The smallest absolute Gasteiger partial charge is 0.242 e. The van der Waals surface area contributed by atoms with Crippen LogP contribution in [0.3, 0.4) is 0 Å². The van der Waals surface area contributed by atoms with Gasteiger partial charge in [-0.1, -0.05) is 59.5 Å². The van der Waals surface area contributed by atoms with Crippen molar-refractivity contribution in [2.75, 3.05) is 23.8 Å². The molecule has 4 rings (SSSR count). The summed E-state index contributed by atoms with van der Waals surface area (Å²) in [6, 6.07) is 15.8. The number of aryl methyl sites for hydroxylation is 2. The summed E-state index contributed by atoms with van der Waals surface area (Å²) < 4.78 is 6.39. The fourth-order valence-electron chi connectivity index (χ4n) is 3.59. The Morgan fingerprint density at radius 2 is 1.97 bits per heavy atom. The highest BCUT2D eigenvalue weighted by molar-refractivity contribution is 8.02. The maximum atomic E-state index is 13.2. The van der Waals surface area contributed by atoms with Crippen LogP contribution in [0.1, 0.15) is 34.8 Å². The van der Waals surface area contributed by atoms with Crippen molar-refractivity contribution in [3.63, 3.8) is 0 Å². The van der Waals surface area contributed by atoms with Gasteiger partial charge in [0.25, 0.3) is 0 Å². The van der Waals surface area contributed by atoms with Crippen molar-refractivity contribution >= 4 is 39.8 Å². The fraction of sp³-hybridized carbons (Fsp3) is 0.348. The van der Waals surface area contributed by atoms with Gasteiger partial charge in [-0.05, 0) is 55.5 Å². The highest BCUT2D eigenvalue weighted by Crippen LogP contribution is 2.38. The summed E-state index contributed by atoms with van der Waals surface area (Å²) >= 11 is 2.88. The summed E-state index contributed by atoms with van der Waals surface area (Å²) in [6.07, 6.45) is 2.42. The number of benzene rings is 2. The van der Waals surface area contributed by atoms with E-state index in [1.54, 1.807) is 0 Å². The Labute approximate surface area is 190 Å². The Balaban J connectivity index is 1.47. The van der Waals surface area contributed by atoms with Gasteiger partial charge in [-0.2, -0.15) is 0 Å². The molecule has 2 N–H and O–H groups in total. The monoisotopic (exact) mass is 454 g/mol. The Bertz CT molecular complexity index is 999. The van der Waals surface area contributed by atoms with E-state index in [4.69, 9.17) is 4.74 Å². The van der Waals surface area contributed by atoms with Crippen LogP contribution in [0.25, 0.3) is 0 Å². The average Bonchev–Trinajstić information content (AvgIpc) is 3.42. The molecule has 0 spiro atoms. The topological polar surface area (TPSA) is 76.1 Å². The maximum absolute atomic E-state index is 13.2. The molecule has 31 heavy (non-hydrogen) atoms. The third-order valence-electron chi connectivity index (χ3n) is 4.96. The highest BCUT2D eigenvalue weighted by Gasteiger charge is 2.24. The molecule has 1 aliphatic rings. The first-order chi connectivity index (χ1) is 15.1.